The van der Waals surface area contributed by atoms with Gasteiger partial charge in [0.25, 0.3) is 5.69 Å². The minimum atomic E-state index is -0.614. The van der Waals surface area contributed by atoms with Crippen LogP contribution in [-0.4, -0.2) is 22.0 Å². The summed E-state index contributed by atoms with van der Waals surface area (Å²) < 4.78 is 5.16. The number of rotatable bonds is 3. The highest BCUT2D eigenvalue weighted by atomic mass is 79.9. The Morgan fingerprint density at radius 3 is 2.69 bits per heavy atom. The van der Waals surface area contributed by atoms with Gasteiger partial charge in [-0.2, -0.15) is 0 Å². The Balaban J connectivity index is 2.99. The molecule has 0 radical (unpaired) electrons. The van der Waals surface area contributed by atoms with Gasteiger partial charge in [-0.3, -0.25) is 10.1 Å². The molecule has 0 saturated carbocycles. The van der Waals surface area contributed by atoms with E-state index < -0.39 is 10.9 Å². The highest BCUT2D eigenvalue weighted by Gasteiger charge is 2.18. The molecule has 0 aliphatic carbocycles. The van der Waals surface area contributed by atoms with Gasteiger partial charge in [0, 0.05) is 6.07 Å². The quantitative estimate of drug-likeness (QED) is 0.484. The van der Waals surface area contributed by atoms with E-state index in [9.17, 15) is 14.9 Å². The third-order valence-corrected chi connectivity index (χ3v) is 2.18. The first kappa shape index (κ1) is 12.6. The van der Waals surface area contributed by atoms with E-state index in [1.54, 1.807) is 13.8 Å². The van der Waals surface area contributed by atoms with Crippen LogP contribution in [0.1, 0.15) is 24.3 Å². The Morgan fingerprint density at radius 2 is 2.25 bits per heavy atom. The van der Waals surface area contributed by atoms with Crippen molar-refractivity contribution < 1.29 is 14.5 Å². The minimum Gasteiger partial charge on any atom is -0.458 e. The average Bonchev–Trinajstić information content (AvgIpc) is 2.15. The second-order valence-corrected chi connectivity index (χ2v) is 4.09. The molecule has 0 aliphatic rings. The van der Waals surface area contributed by atoms with Crippen LogP contribution in [0.5, 0.6) is 0 Å². The van der Waals surface area contributed by atoms with E-state index in [1.165, 1.54) is 6.07 Å². The van der Waals surface area contributed by atoms with Gasteiger partial charge in [-0.25, -0.2) is 9.78 Å². The number of pyridine rings is 1. The summed E-state index contributed by atoms with van der Waals surface area (Å²) in [5.41, 5.74) is -0.160. The first-order valence-electron chi connectivity index (χ1n) is 4.42. The Labute approximate surface area is 99.9 Å². The predicted molar refractivity (Wildman–Crippen MR) is 59.1 cm³/mol. The number of carbonyl (C=O) groups excluding carboxylic acids is 1. The van der Waals surface area contributed by atoms with Gasteiger partial charge in [-0.05, 0) is 29.8 Å². The van der Waals surface area contributed by atoms with Crippen LogP contribution in [0.25, 0.3) is 0 Å². The first-order valence-corrected chi connectivity index (χ1v) is 5.22. The summed E-state index contributed by atoms with van der Waals surface area (Å²) in [5, 5.41) is 10.4. The van der Waals surface area contributed by atoms with Crippen molar-refractivity contribution >= 4 is 27.6 Å². The Bertz CT molecular complexity index is 434. The summed E-state index contributed by atoms with van der Waals surface area (Å²) in [6.07, 6.45) is 0.748. The molecular formula is C9H9BrN2O4. The molecule has 1 rings (SSSR count). The van der Waals surface area contributed by atoms with E-state index in [1.807, 2.05) is 0 Å². The molecule has 1 aromatic heterocycles. The molecular weight excluding hydrogens is 280 g/mol. The van der Waals surface area contributed by atoms with Crippen LogP contribution in [0.15, 0.2) is 16.7 Å². The molecule has 0 saturated heterocycles. The number of hydrogen-bond donors (Lipinski definition) is 0. The number of carbonyl (C=O) groups is 1. The van der Waals surface area contributed by atoms with Crippen molar-refractivity contribution in [1.82, 2.24) is 4.98 Å². The zero-order valence-corrected chi connectivity index (χ0v) is 10.2. The van der Waals surface area contributed by atoms with Gasteiger partial charge in [-0.15, -0.1) is 0 Å². The third kappa shape index (κ3) is 2.99. The second kappa shape index (κ2) is 5.02. The fourth-order valence-electron chi connectivity index (χ4n) is 0.948. The molecule has 0 unspecified atom stereocenters. The normalized spacial score (nSPS) is 10.2. The maximum atomic E-state index is 11.5. The zero-order chi connectivity index (χ0) is 12.3. The summed E-state index contributed by atoms with van der Waals surface area (Å²) in [6, 6.07) is 1.21. The fourth-order valence-corrected chi connectivity index (χ4v) is 1.45. The molecule has 1 heterocycles. The largest absolute Gasteiger partial charge is 0.458 e. The number of halogens is 1. The molecule has 0 fully saturated rings. The van der Waals surface area contributed by atoms with E-state index in [0.29, 0.717) is 0 Å². The summed E-state index contributed by atoms with van der Waals surface area (Å²) >= 11 is 3.04. The van der Waals surface area contributed by atoms with Crippen molar-refractivity contribution in [2.45, 2.75) is 20.0 Å². The Kier molecular flexibility index (Phi) is 3.94. The topological polar surface area (TPSA) is 82.3 Å². The lowest BCUT2D eigenvalue weighted by atomic mass is 10.3. The van der Waals surface area contributed by atoms with Gasteiger partial charge >= 0.3 is 5.97 Å². The van der Waals surface area contributed by atoms with Gasteiger partial charge in [0.15, 0.2) is 5.69 Å². The molecule has 6 nitrogen and oxygen atoms in total. The Morgan fingerprint density at radius 1 is 1.62 bits per heavy atom. The standard InChI is InChI=1S/C9H9BrN2O4/c1-5(2)16-9(13)8-7(10)3-6(4-11-8)12(14)15/h3-5H,1-2H3. The molecule has 0 aliphatic heterocycles. The molecule has 0 amide bonds. The van der Waals surface area contributed by atoms with Gasteiger partial charge in [-0.1, -0.05) is 0 Å². The van der Waals surface area contributed by atoms with Crippen LogP contribution in [-0.2, 0) is 4.74 Å². The molecule has 0 spiro atoms. The lowest BCUT2D eigenvalue weighted by molar-refractivity contribution is -0.385. The van der Waals surface area contributed by atoms with Crippen LogP contribution < -0.4 is 0 Å². The Hall–Kier alpha value is -1.50. The number of nitrogens with zero attached hydrogens (tertiary/aromatic N) is 2. The number of aromatic nitrogens is 1. The molecule has 0 atom stereocenters. The minimum absolute atomic E-state index is 0.0271. The molecule has 16 heavy (non-hydrogen) atoms. The van der Waals surface area contributed by atoms with Crippen molar-refractivity contribution in [3.63, 3.8) is 0 Å². The summed E-state index contributed by atoms with van der Waals surface area (Å²) in [4.78, 5) is 25.0. The lowest BCUT2D eigenvalue weighted by Gasteiger charge is -2.07. The van der Waals surface area contributed by atoms with Crippen LogP contribution >= 0.6 is 15.9 Å². The predicted octanol–water partition coefficient (Wildman–Crippen LogP) is 2.32. The van der Waals surface area contributed by atoms with Crippen molar-refractivity contribution in [2.24, 2.45) is 0 Å². The smallest absolute Gasteiger partial charge is 0.358 e. The molecule has 0 aromatic carbocycles. The van der Waals surface area contributed by atoms with E-state index in [0.717, 1.165) is 6.20 Å². The van der Waals surface area contributed by atoms with Crippen LogP contribution in [0.3, 0.4) is 0 Å². The van der Waals surface area contributed by atoms with Gasteiger partial charge in [0.05, 0.1) is 15.5 Å². The molecule has 7 heteroatoms. The number of ether oxygens (including phenoxy) is 1. The van der Waals surface area contributed by atoms with E-state index in [4.69, 9.17) is 4.74 Å². The maximum absolute atomic E-state index is 11.5. The highest BCUT2D eigenvalue weighted by molar-refractivity contribution is 9.10. The summed E-state index contributed by atoms with van der Waals surface area (Å²) in [5.74, 6) is -0.614. The average molecular weight is 289 g/mol. The van der Waals surface area contributed by atoms with Crippen molar-refractivity contribution in [3.05, 3.63) is 32.5 Å². The van der Waals surface area contributed by atoms with Crippen molar-refractivity contribution in [2.75, 3.05) is 0 Å². The molecule has 86 valence electrons. The van der Waals surface area contributed by atoms with Gasteiger partial charge < -0.3 is 4.74 Å². The molecule has 0 bridgehead atoms. The van der Waals surface area contributed by atoms with Gasteiger partial charge in [0.1, 0.15) is 6.20 Å². The monoisotopic (exact) mass is 288 g/mol. The highest BCUT2D eigenvalue weighted by Crippen LogP contribution is 2.21. The first-order chi connectivity index (χ1) is 7.41. The fraction of sp³-hybridized carbons (Fsp3) is 0.333. The SMILES string of the molecule is CC(C)OC(=O)c1ncc([N+](=O)[O-])cc1Br. The number of hydrogen-bond acceptors (Lipinski definition) is 5. The third-order valence-electron chi connectivity index (χ3n) is 1.57. The lowest BCUT2D eigenvalue weighted by Crippen LogP contribution is -2.13. The molecule has 0 N–H and O–H groups in total. The number of esters is 1. The van der Waals surface area contributed by atoms with Crippen LogP contribution in [0.4, 0.5) is 5.69 Å². The van der Waals surface area contributed by atoms with E-state index in [2.05, 4.69) is 20.9 Å². The second-order valence-electron chi connectivity index (χ2n) is 3.24. The number of nitro groups is 1. The van der Waals surface area contributed by atoms with Crippen LogP contribution in [0, 0.1) is 10.1 Å². The van der Waals surface area contributed by atoms with Crippen molar-refractivity contribution in [3.8, 4) is 0 Å². The maximum Gasteiger partial charge on any atom is 0.358 e. The van der Waals surface area contributed by atoms with Crippen molar-refractivity contribution in [1.29, 1.82) is 0 Å². The van der Waals surface area contributed by atoms with Gasteiger partial charge in [0.2, 0.25) is 0 Å². The van der Waals surface area contributed by atoms with E-state index >= 15 is 0 Å². The van der Waals surface area contributed by atoms with E-state index in [-0.39, 0.29) is 22.0 Å². The summed E-state index contributed by atoms with van der Waals surface area (Å²) in [6.45, 7) is 3.41. The molecule has 1 aromatic rings. The van der Waals surface area contributed by atoms with Crippen LogP contribution in [0.2, 0.25) is 0 Å². The summed E-state index contributed by atoms with van der Waals surface area (Å²) in [7, 11) is 0. The zero-order valence-electron chi connectivity index (χ0n) is 8.64.